The number of nitro groups is 3. The first kappa shape index (κ1) is 27.3. The summed E-state index contributed by atoms with van der Waals surface area (Å²) in [6, 6.07) is -0.781. The third kappa shape index (κ3) is 5.44. The number of hydrogen-bond acceptors (Lipinski definition) is 7. The molecule has 0 fully saturated rings. The van der Waals surface area contributed by atoms with Crippen molar-refractivity contribution in [3.05, 3.63) is 70.3 Å². The lowest BCUT2D eigenvalue weighted by atomic mass is 10.0. The van der Waals surface area contributed by atoms with Crippen LogP contribution < -0.4 is 5.32 Å². The van der Waals surface area contributed by atoms with Crippen molar-refractivity contribution in [3.63, 3.8) is 0 Å². The maximum absolute atomic E-state index is 13.5. The molecule has 0 aromatic heterocycles. The van der Waals surface area contributed by atoms with Gasteiger partial charge >= 0.3 is 18.5 Å². The summed E-state index contributed by atoms with van der Waals surface area (Å²) >= 11 is 5.38. The molecule has 0 aliphatic carbocycles. The molecule has 2 rings (SSSR count). The van der Waals surface area contributed by atoms with E-state index >= 15 is 0 Å². The third-order valence-electron chi connectivity index (χ3n) is 4.08. The first-order valence-electron chi connectivity index (χ1n) is 8.14. The molecule has 0 radical (unpaired) electrons. The summed E-state index contributed by atoms with van der Waals surface area (Å²) < 4.78 is 121. The minimum atomic E-state index is -5.95. The number of alkyl halides is 9. The van der Waals surface area contributed by atoms with Gasteiger partial charge in [-0.2, -0.15) is 39.5 Å². The van der Waals surface area contributed by atoms with Gasteiger partial charge in [0.1, 0.15) is 11.3 Å². The van der Waals surface area contributed by atoms with E-state index in [4.69, 9.17) is 11.6 Å². The molecule has 0 saturated heterocycles. The largest absolute Gasteiger partial charge is 0.424 e. The molecule has 0 atom stereocenters. The molecular weight excluding hydrogens is 539 g/mol. The molecule has 0 amide bonds. The Morgan fingerprint density at radius 1 is 0.714 bits per heavy atom. The molecular formula is C15H4ClF9N4O6. The van der Waals surface area contributed by atoms with Crippen LogP contribution in [0.1, 0.15) is 16.7 Å². The lowest BCUT2D eigenvalue weighted by molar-refractivity contribution is -0.394. The van der Waals surface area contributed by atoms with Gasteiger partial charge in [-0.3, -0.25) is 30.3 Å². The van der Waals surface area contributed by atoms with E-state index in [1.807, 2.05) is 0 Å². The van der Waals surface area contributed by atoms with Gasteiger partial charge in [-0.05, 0) is 6.07 Å². The summed E-state index contributed by atoms with van der Waals surface area (Å²) in [6.45, 7) is 0. The van der Waals surface area contributed by atoms with Crippen molar-refractivity contribution < 1.29 is 54.3 Å². The van der Waals surface area contributed by atoms with Gasteiger partial charge in [-0.25, -0.2) is 0 Å². The monoisotopic (exact) mass is 542 g/mol. The highest BCUT2D eigenvalue weighted by molar-refractivity contribution is 6.34. The fourth-order valence-electron chi connectivity index (χ4n) is 2.76. The van der Waals surface area contributed by atoms with Crippen LogP contribution in [0, 0.1) is 30.3 Å². The molecule has 0 aliphatic rings. The lowest BCUT2D eigenvalue weighted by Crippen LogP contribution is -2.18. The van der Waals surface area contributed by atoms with E-state index in [0.717, 1.165) is 0 Å². The first-order valence-corrected chi connectivity index (χ1v) is 8.52. The Labute approximate surface area is 189 Å². The van der Waals surface area contributed by atoms with E-state index in [9.17, 15) is 69.9 Å². The van der Waals surface area contributed by atoms with E-state index in [2.05, 4.69) is 0 Å². The lowest BCUT2D eigenvalue weighted by Gasteiger charge is -2.20. The Bertz CT molecular complexity index is 1240. The van der Waals surface area contributed by atoms with Crippen LogP contribution in [0.25, 0.3) is 0 Å². The van der Waals surface area contributed by atoms with Gasteiger partial charge in [0.05, 0.1) is 37.1 Å². The molecule has 2 aromatic carbocycles. The Morgan fingerprint density at radius 3 is 1.60 bits per heavy atom. The Kier molecular flexibility index (Phi) is 6.80. The molecule has 0 unspecified atom stereocenters. The van der Waals surface area contributed by atoms with Crippen LogP contribution in [0.15, 0.2) is 18.2 Å². The third-order valence-corrected chi connectivity index (χ3v) is 4.48. The number of nitrogens with zero attached hydrogens (tertiary/aromatic N) is 3. The van der Waals surface area contributed by atoms with Crippen molar-refractivity contribution in [1.29, 1.82) is 0 Å². The fourth-order valence-corrected chi connectivity index (χ4v) is 3.05. The summed E-state index contributed by atoms with van der Waals surface area (Å²) in [4.78, 5) is 27.9. The number of halogens is 10. The van der Waals surface area contributed by atoms with Crippen LogP contribution in [0.3, 0.4) is 0 Å². The predicted molar refractivity (Wildman–Crippen MR) is 96.1 cm³/mol. The smallest absolute Gasteiger partial charge is 0.348 e. The minimum absolute atomic E-state index is 0.0494. The van der Waals surface area contributed by atoms with Gasteiger partial charge < -0.3 is 5.32 Å². The minimum Gasteiger partial charge on any atom is -0.348 e. The Morgan fingerprint density at radius 2 is 1.23 bits per heavy atom. The Hall–Kier alpha value is -3.90. The predicted octanol–water partition coefficient (Wildman–Crippen LogP) is 6.86. The number of hydrogen-bond donors (Lipinski definition) is 1. The van der Waals surface area contributed by atoms with E-state index in [1.165, 1.54) is 5.32 Å². The van der Waals surface area contributed by atoms with Crippen LogP contribution in [0.2, 0.25) is 5.02 Å². The van der Waals surface area contributed by atoms with E-state index in [1.54, 1.807) is 0 Å². The highest BCUT2D eigenvalue weighted by atomic mass is 35.5. The van der Waals surface area contributed by atoms with E-state index in [-0.39, 0.29) is 12.1 Å². The summed E-state index contributed by atoms with van der Waals surface area (Å²) in [5.74, 6) is 0. The molecule has 1 N–H and O–H groups in total. The molecule has 0 spiro atoms. The normalized spacial score (nSPS) is 12.4. The number of rotatable bonds is 5. The number of benzene rings is 2. The average molecular weight is 543 g/mol. The zero-order valence-electron chi connectivity index (χ0n) is 15.8. The van der Waals surface area contributed by atoms with Gasteiger partial charge in [0.15, 0.2) is 5.56 Å². The van der Waals surface area contributed by atoms with Crippen molar-refractivity contribution in [1.82, 2.24) is 0 Å². The van der Waals surface area contributed by atoms with Crippen molar-refractivity contribution in [2.24, 2.45) is 0 Å². The molecule has 0 heterocycles. The highest BCUT2D eigenvalue weighted by Crippen LogP contribution is 2.52. The quantitative estimate of drug-likeness (QED) is 0.247. The maximum atomic E-state index is 13.5. The second kappa shape index (κ2) is 8.71. The van der Waals surface area contributed by atoms with Gasteiger partial charge in [-0.15, -0.1) is 0 Å². The van der Waals surface area contributed by atoms with Crippen molar-refractivity contribution in [2.45, 2.75) is 18.5 Å². The van der Waals surface area contributed by atoms with Crippen molar-refractivity contribution >= 4 is 40.0 Å². The van der Waals surface area contributed by atoms with Gasteiger partial charge in [-0.1, -0.05) is 11.6 Å². The summed E-state index contributed by atoms with van der Waals surface area (Å²) in [7, 11) is 0. The molecule has 20 heteroatoms. The van der Waals surface area contributed by atoms with Crippen molar-refractivity contribution in [3.8, 4) is 0 Å². The standard InChI is InChI=1S/C15H4ClF9N4O6/c16-10-7(3-6(14(20,21)22)12(29(34)35)9(10)15(23,24)25)26-11-5(13(17,18)19)1-4(27(30)31)2-8(11)28(32)33/h1-3,26H. The van der Waals surface area contributed by atoms with Crippen LogP contribution >= 0.6 is 11.6 Å². The molecule has 2 aromatic rings. The number of nitrogens with one attached hydrogen (secondary N) is 1. The van der Waals surface area contributed by atoms with Gasteiger partial charge in [0.25, 0.3) is 17.1 Å². The number of nitro benzene ring substituents is 3. The van der Waals surface area contributed by atoms with Crippen LogP contribution in [0.5, 0.6) is 0 Å². The Balaban J connectivity index is 3.04. The average Bonchev–Trinajstić information content (AvgIpc) is 2.65. The second-order valence-electron chi connectivity index (χ2n) is 6.29. The summed E-state index contributed by atoms with van der Waals surface area (Å²) in [5.41, 5.74) is -16.9. The van der Waals surface area contributed by atoms with Crippen LogP contribution in [-0.4, -0.2) is 14.8 Å². The van der Waals surface area contributed by atoms with Crippen LogP contribution in [-0.2, 0) is 18.5 Å². The second-order valence-corrected chi connectivity index (χ2v) is 6.66. The van der Waals surface area contributed by atoms with Crippen LogP contribution in [0.4, 0.5) is 68.0 Å². The zero-order valence-corrected chi connectivity index (χ0v) is 16.6. The SMILES string of the molecule is O=[N+]([O-])c1cc([N+](=O)[O-])c(Nc2cc(C(F)(F)F)c([N+](=O)[O-])c(C(F)(F)F)c2Cl)c(C(F)(F)F)c1. The number of anilines is 2. The molecule has 190 valence electrons. The van der Waals surface area contributed by atoms with E-state index in [0.29, 0.717) is 0 Å². The highest BCUT2D eigenvalue weighted by Gasteiger charge is 2.50. The topological polar surface area (TPSA) is 141 Å². The zero-order chi connectivity index (χ0) is 27.3. The van der Waals surface area contributed by atoms with Gasteiger partial charge in [0.2, 0.25) is 0 Å². The fraction of sp³-hybridized carbons (Fsp3) is 0.200. The molecule has 0 aliphatic heterocycles. The van der Waals surface area contributed by atoms with Crippen molar-refractivity contribution in [2.75, 3.05) is 5.32 Å². The summed E-state index contributed by atoms with van der Waals surface area (Å²) in [6.07, 6.45) is -17.5. The van der Waals surface area contributed by atoms with E-state index < -0.39 is 89.5 Å². The molecule has 10 nitrogen and oxygen atoms in total. The first-order chi connectivity index (χ1) is 15.7. The molecule has 0 saturated carbocycles. The molecule has 0 bridgehead atoms. The molecule has 35 heavy (non-hydrogen) atoms. The maximum Gasteiger partial charge on any atom is 0.424 e. The summed E-state index contributed by atoms with van der Waals surface area (Å²) in [5, 5.41) is 32.5. The van der Waals surface area contributed by atoms with Gasteiger partial charge in [0, 0.05) is 6.07 Å². The number of non-ortho nitro benzene ring substituents is 1.